The van der Waals surface area contributed by atoms with Gasteiger partial charge in [0.05, 0.1) is 10.7 Å². The number of rotatable bonds is 5. The molecule has 5 nitrogen and oxygen atoms in total. The standard InChI is InChI=1S/C12H14N4OS2/c1-8-5-11(14-7-13-8)18-4-3-10(17)16-12-15-9(2)6-19-12/h5-7H,3-4H2,1-2H3,(H,15,16,17). The minimum absolute atomic E-state index is 0.0207. The second kappa shape index (κ2) is 6.63. The number of carbonyl (C=O) groups excluding carboxylic acids is 1. The van der Waals surface area contributed by atoms with Crippen LogP contribution in [0.5, 0.6) is 0 Å². The van der Waals surface area contributed by atoms with Gasteiger partial charge in [-0.3, -0.25) is 4.79 Å². The Bertz CT molecular complexity index is 570. The van der Waals surface area contributed by atoms with Crippen molar-refractivity contribution in [2.24, 2.45) is 0 Å². The molecule has 0 aliphatic heterocycles. The second-order valence-electron chi connectivity index (χ2n) is 3.94. The van der Waals surface area contributed by atoms with Crippen LogP contribution in [0.4, 0.5) is 5.13 Å². The molecule has 0 saturated heterocycles. The number of thioether (sulfide) groups is 1. The van der Waals surface area contributed by atoms with Gasteiger partial charge in [0, 0.05) is 23.2 Å². The molecule has 2 aromatic heterocycles. The van der Waals surface area contributed by atoms with Crippen molar-refractivity contribution in [3.8, 4) is 0 Å². The molecule has 0 aliphatic carbocycles. The molecule has 0 radical (unpaired) electrons. The Kier molecular flexibility index (Phi) is 4.86. The van der Waals surface area contributed by atoms with Crippen molar-refractivity contribution in [1.82, 2.24) is 15.0 Å². The summed E-state index contributed by atoms with van der Waals surface area (Å²) in [7, 11) is 0. The highest BCUT2D eigenvalue weighted by atomic mass is 32.2. The maximum atomic E-state index is 11.7. The Morgan fingerprint density at radius 3 is 2.89 bits per heavy atom. The summed E-state index contributed by atoms with van der Waals surface area (Å²) in [5, 5.41) is 6.25. The Labute approximate surface area is 119 Å². The molecule has 100 valence electrons. The van der Waals surface area contributed by atoms with Gasteiger partial charge in [-0.25, -0.2) is 15.0 Å². The van der Waals surface area contributed by atoms with Crippen LogP contribution in [-0.2, 0) is 4.79 Å². The summed E-state index contributed by atoms with van der Waals surface area (Å²) in [6, 6.07) is 1.91. The topological polar surface area (TPSA) is 67.8 Å². The lowest BCUT2D eigenvalue weighted by atomic mass is 10.4. The highest BCUT2D eigenvalue weighted by molar-refractivity contribution is 7.99. The van der Waals surface area contributed by atoms with Crippen molar-refractivity contribution in [3.63, 3.8) is 0 Å². The summed E-state index contributed by atoms with van der Waals surface area (Å²) in [4.78, 5) is 24.0. The molecule has 0 saturated carbocycles. The second-order valence-corrected chi connectivity index (χ2v) is 5.91. The molecular weight excluding hydrogens is 280 g/mol. The first-order valence-electron chi connectivity index (χ1n) is 5.77. The van der Waals surface area contributed by atoms with E-state index in [0.29, 0.717) is 17.3 Å². The zero-order valence-corrected chi connectivity index (χ0v) is 12.3. The summed E-state index contributed by atoms with van der Waals surface area (Å²) >= 11 is 2.99. The fourth-order valence-electron chi connectivity index (χ4n) is 1.35. The first kappa shape index (κ1) is 14.0. The molecule has 0 unspecified atom stereocenters. The van der Waals surface area contributed by atoms with Gasteiger partial charge in [0.2, 0.25) is 5.91 Å². The van der Waals surface area contributed by atoms with Crippen LogP contribution in [0.25, 0.3) is 0 Å². The van der Waals surface area contributed by atoms with Crippen LogP contribution < -0.4 is 5.32 Å². The van der Waals surface area contributed by atoms with E-state index in [4.69, 9.17) is 0 Å². The van der Waals surface area contributed by atoms with Gasteiger partial charge in [0.1, 0.15) is 6.33 Å². The summed E-state index contributed by atoms with van der Waals surface area (Å²) in [6.45, 7) is 3.82. The highest BCUT2D eigenvalue weighted by Gasteiger charge is 2.06. The Morgan fingerprint density at radius 1 is 1.37 bits per heavy atom. The molecule has 2 heterocycles. The third-order valence-electron chi connectivity index (χ3n) is 2.22. The van der Waals surface area contributed by atoms with Gasteiger partial charge in [0.15, 0.2) is 5.13 Å². The number of nitrogens with zero attached hydrogens (tertiary/aromatic N) is 3. The van der Waals surface area contributed by atoms with E-state index in [0.717, 1.165) is 16.4 Å². The third-order valence-corrected chi connectivity index (χ3v) is 4.03. The van der Waals surface area contributed by atoms with E-state index < -0.39 is 0 Å². The van der Waals surface area contributed by atoms with Crippen molar-refractivity contribution < 1.29 is 4.79 Å². The van der Waals surface area contributed by atoms with E-state index in [1.54, 1.807) is 11.8 Å². The first-order valence-corrected chi connectivity index (χ1v) is 7.63. The Morgan fingerprint density at radius 2 is 2.21 bits per heavy atom. The number of aromatic nitrogens is 3. The van der Waals surface area contributed by atoms with Crippen LogP contribution in [0.2, 0.25) is 0 Å². The minimum Gasteiger partial charge on any atom is -0.302 e. The van der Waals surface area contributed by atoms with Gasteiger partial charge in [-0.2, -0.15) is 0 Å². The van der Waals surface area contributed by atoms with Gasteiger partial charge in [-0.15, -0.1) is 23.1 Å². The van der Waals surface area contributed by atoms with Crippen LogP contribution in [0.1, 0.15) is 17.8 Å². The molecular formula is C12H14N4OS2. The van der Waals surface area contributed by atoms with Gasteiger partial charge in [-0.05, 0) is 19.9 Å². The van der Waals surface area contributed by atoms with Gasteiger partial charge < -0.3 is 5.32 Å². The van der Waals surface area contributed by atoms with Crippen LogP contribution in [0.15, 0.2) is 22.8 Å². The minimum atomic E-state index is -0.0207. The van der Waals surface area contributed by atoms with E-state index in [1.165, 1.54) is 17.7 Å². The first-order chi connectivity index (χ1) is 9.13. The van der Waals surface area contributed by atoms with E-state index >= 15 is 0 Å². The lowest BCUT2D eigenvalue weighted by Gasteiger charge is -2.02. The number of amides is 1. The zero-order chi connectivity index (χ0) is 13.7. The summed E-state index contributed by atoms with van der Waals surface area (Å²) in [6.07, 6.45) is 1.97. The molecule has 2 aromatic rings. The molecule has 0 atom stereocenters. The molecule has 1 N–H and O–H groups in total. The average Bonchev–Trinajstić information content (AvgIpc) is 2.75. The van der Waals surface area contributed by atoms with E-state index in [1.807, 2.05) is 25.3 Å². The fourth-order valence-corrected chi connectivity index (χ4v) is 2.93. The Hall–Kier alpha value is -1.47. The molecule has 0 aliphatic rings. The quantitative estimate of drug-likeness (QED) is 0.678. The van der Waals surface area contributed by atoms with Gasteiger partial charge >= 0.3 is 0 Å². The number of hydrogen-bond donors (Lipinski definition) is 1. The molecule has 0 fully saturated rings. The molecule has 19 heavy (non-hydrogen) atoms. The number of aryl methyl sites for hydroxylation is 2. The number of thiazole rings is 1. The highest BCUT2D eigenvalue weighted by Crippen LogP contribution is 2.17. The van der Waals surface area contributed by atoms with Crippen LogP contribution in [0.3, 0.4) is 0 Å². The van der Waals surface area contributed by atoms with Crippen molar-refractivity contribution in [2.45, 2.75) is 25.3 Å². The molecule has 0 bridgehead atoms. The smallest absolute Gasteiger partial charge is 0.226 e. The van der Waals surface area contributed by atoms with Gasteiger partial charge in [-0.1, -0.05) is 0 Å². The normalized spacial score (nSPS) is 10.4. The van der Waals surface area contributed by atoms with E-state index in [-0.39, 0.29) is 5.91 Å². The molecule has 0 aromatic carbocycles. The number of nitrogens with one attached hydrogen (secondary N) is 1. The molecule has 7 heteroatoms. The monoisotopic (exact) mass is 294 g/mol. The van der Waals surface area contributed by atoms with E-state index in [9.17, 15) is 4.79 Å². The average molecular weight is 294 g/mol. The Balaban J connectivity index is 1.75. The number of carbonyl (C=O) groups is 1. The predicted octanol–water partition coefficient (Wildman–Crippen LogP) is 2.67. The molecule has 0 spiro atoms. The zero-order valence-electron chi connectivity index (χ0n) is 10.7. The van der Waals surface area contributed by atoms with Gasteiger partial charge in [0.25, 0.3) is 0 Å². The van der Waals surface area contributed by atoms with Crippen molar-refractivity contribution in [1.29, 1.82) is 0 Å². The van der Waals surface area contributed by atoms with Crippen molar-refractivity contribution >= 4 is 34.1 Å². The maximum Gasteiger partial charge on any atom is 0.226 e. The van der Waals surface area contributed by atoms with E-state index in [2.05, 4.69) is 20.3 Å². The summed E-state index contributed by atoms with van der Waals surface area (Å²) in [5.74, 6) is 0.666. The number of hydrogen-bond acceptors (Lipinski definition) is 6. The van der Waals surface area contributed by atoms with Crippen LogP contribution in [0, 0.1) is 13.8 Å². The molecule has 1 amide bonds. The molecule has 2 rings (SSSR count). The van der Waals surface area contributed by atoms with Crippen molar-refractivity contribution in [3.05, 3.63) is 29.2 Å². The lowest BCUT2D eigenvalue weighted by Crippen LogP contribution is -2.12. The fraction of sp³-hybridized carbons (Fsp3) is 0.333. The maximum absolute atomic E-state index is 11.7. The number of anilines is 1. The SMILES string of the molecule is Cc1cc(SCCC(=O)Nc2nc(C)cs2)ncn1. The third kappa shape index (κ3) is 4.60. The summed E-state index contributed by atoms with van der Waals surface area (Å²) < 4.78 is 0. The largest absolute Gasteiger partial charge is 0.302 e. The lowest BCUT2D eigenvalue weighted by molar-refractivity contribution is -0.115. The predicted molar refractivity (Wildman–Crippen MR) is 77.6 cm³/mol. The van der Waals surface area contributed by atoms with Crippen LogP contribution >= 0.6 is 23.1 Å². The van der Waals surface area contributed by atoms with Crippen molar-refractivity contribution in [2.75, 3.05) is 11.1 Å². The van der Waals surface area contributed by atoms with Crippen LogP contribution in [-0.4, -0.2) is 26.6 Å². The summed E-state index contributed by atoms with van der Waals surface area (Å²) in [5.41, 5.74) is 1.85.